The Morgan fingerprint density at radius 2 is 2.19 bits per heavy atom. The van der Waals surface area contributed by atoms with E-state index in [0.717, 1.165) is 29.2 Å². The lowest BCUT2D eigenvalue weighted by Crippen LogP contribution is -2.07. The Balaban J connectivity index is 2.46. The zero-order valence-electron chi connectivity index (χ0n) is 10.0. The van der Waals surface area contributed by atoms with Gasteiger partial charge < -0.3 is 10.6 Å². The largest absolute Gasteiger partial charge is 0.369 e. The van der Waals surface area contributed by atoms with Crippen molar-refractivity contribution >= 4 is 27.7 Å². The lowest BCUT2D eigenvalue weighted by molar-refractivity contribution is 0.566. The highest BCUT2D eigenvalue weighted by Crippen LogP contribution is 2.20. The number of halogens is 1. The number of aromatic nitrogens is 2. The number of nitrogens with zero attached hydrogens (tertiary/aromatic N) is 2. The van der Waals surface area contributed by atoms with Gasteiger partial charge in [-0.1, -0.05) is 13.8 Å². The maximum absolute atomic E-state index is 4.33. The number of anilines is 2. The van der Waals surface area contributed by atoms with E-state index in [1.807, 2.05) is 7.05 Å². The Morgan fingerprint density at radius 3 is 2.81 bits per heavy atom. The molecule has 0 fully saturated rings. The van der Waals surface area contributed by atoms with Crippen LogP contribution in [-0.4, -0.2) is 23.6 Å². The molecule has 0 radical (unpaired) electrons. The predicted octanol–water partition coefficient (Wildman–Crippen LogP) is 3.13. The molecular formula is C11H19BrN4. The molecule has 0 amide bonds. The summed E-state index contributed by atoms with van der Waals surface area (Å²) in [7, 11) is 1.81. The Hall–Kier alpha value is -0.840. The van der Waals surface area contributed by atoms with E-state index in [0.29, 0.717) is 5.95 Å². The zero-order chi connectivity index (χ0) is 12.0. The molecule has 0 atom stereocenters. The summed E-state index contributed by atoms with van der Waals surface area (Å²) in [5.74, 6) is 2.24. The molecule has 2 N–H and O–H groups in total. The Morgan fingerprint density at radius 1 is 1.44 bits per heavy atom. The van der Waals surface area contributed by atoms with Crippen LogP contribution in [0.2, 0.25) is 0 Å². The number of hydrogen-bond acceptors (Lipinski definition) is 4. The Kier molecular flexibility index (Phi) is 5.52. The van der Waals surface area contributed by atoms with Crippen molar-refractivity contribution in [2.24, 2.45) is 5.92 Å². The standard InChI is InChI=1S/C11H19BrN4/c1-8(2)5-4-6-14-10-9(12)7-15-11(13-3)16-10/h7-8H,4-6H2,1-3H3,(H2,13,14,15,16). The molecule has 0 aliphatic heterocycles. The third-order valence-electron chi connectivity index (χ3n) is 2.22. The van der Waals surface area contributed by atoms with Gasteiger partial charge in [0.1, 0.15) is 5.82 Å². The van der Waals surface area contributed by atoms with Gasteiger partial charge >= 0.3 is 0 Å². The van der Waals surface area contributed by atoms with Crippen LogP contribution in [0, 0.1) is 5.92 Å². The molecule has 0 spiro atoms. The molecule has 0 saturated heterocycles. The van der Waals surface area contributed by atoms with Crippen molar-refractivity contribution in [3.63, 3.8) is 0 Å². The monoisotopic (exact) mass is 286 g/mol. The van der Waals surface area contributed by atoms with E-state index in [2.05, 4.69) is 50.4 Å². The maximum atomic E-state index is 4.33. The molecule has 0 unspecified atom stereocenters. The van der Waals surface area contributed by atoms with Crippen molar-refractivity contribution in [3.05, 3.63) is 10.7 Å². The van der Waals surface area contributed by atoms with Crippen LogP contribution >= 0.6 is 15.9 Å². The molecule has 16 heavy (non-hydrogen) atoms. The summed E-state index contributed by atoms with van der Waals surface area (Å²) >= 11 is 3.43. The van der Waals surface area contributed by atoms with Crippen LogP contribution in [0.4, 0.5) is 11.8 Å². The van der Waals surface area contributed by atoms with Crippen molar-refractivity contribution in [3.8, 4) is 0 Å². The fourth-order valence-electron chi connectivity index (χ4n) is 1.33. The summed E-state index contributed by atoms with van der Waals surface area (Å²) in [5, 5.41) is 6.23. The molecule has 0 aliphatic carbocycles. The molecule has 0 aromatic carbocycles. The molecular weight excluding hydrogens is 268 g/mol. The van der Waals surface area contributed by atoms with Gasteiger partial charge in [0.2, 0.25) is 5.95 Å². The first kappa shape index (κ1) is 13.2. The SMILES string of the molecule is CNc1ncc(Br)c(NCCCC(C)C)n1. The lowest BCUT2D eigenvalue weighted by atomic mass is 10.1. The molecule has 1 aromatic heterocycles. The van der Waals surface area contributed by atoms with Gasteiger partial charge in [-0.25, -0.2) is 4.98 Å². The molecule has 1 heterocycles. The Labute approximate surface area is 105 Å². The summed E-state index contributed by atoms with van der Waals surface area (Å²) in [6.07, 6.45) is 4.14. The average Bonchev–Trinajstić information content (AvgIpc) is 2.26. The second kappa shape index (κ2) is 6.68. The minimum absolute atomic E-state index is 0.634. The number of rotatable bonds is 6. The highest BCUT2D eigenvalue weighted by atomic mass is 79.9. The molecule has 1 rings (SSSR count). The van der Waals surface area contributed by atoms with Crippen LogP contribution < -0.4 is 10.6 Å². The highest BCUT2D eigenvalue weighted by molar-refractivity contribution is 9.10. The zero-order valence-corrected chi connectivity index (χ0v) is 11.6. The third-order valence-corrected chi connectivity index (χ3v) is 2.80. The van der Waals surface area contributed by atoms with Gasteiger partial charge in [0.15, 0.2) is 0 Å². The van der Waals surface area contributed by atoms with Crippen LogP contribution in [-0.2, 0) is 0 Å². The molecule has 5 heteroatoms. The maximum Gasteiger partial charge on any atom is 0.224 e. The van der Waals surface area contributed by atoms with E-state index in [1.54, 1.807) is 6.20 Å². The first-order chi connectivity index (χ1) is 7.63. The van der Waals surface area contributed by atoms with E-state index in [1.165, 1.54) is 6.42 Å². The van der Waals surface area contributed by atoms with E-state index < -0.39 is 0 Å². The van der Waals surface area contributed by atoms with Crippen molar-refractivity contribution in [1.29, 1.82) is 0 Å². The summed E-state index contributed by atoms with van der Waals surface area (Å²) in [6.45, 7) is 5.41. The highest BCUT2D eigenvalue weighted by Gasteiger charge is 2.03. The van der Waals surface area contributed by atoms with Crippen molar-refractivity contribution in [1.82, 2.24) is 9.97 Å². The lowest BCUT2D eigenvalue weighted by Gasteiger charge is -2.09. The number of nitrogens with one attached hydrogen (secondary N) is 2. The topological polar surface area (TPSA) is 49.8 Å². The summed E-state index contributed by atoms with van der Waals surface area (Å²) < 4.78 is 0.899. The minimum atomic E-state index is 0.634. The van der Waals surface area contributed by atoms with Gasteiger partial charge in [0.25, 0.3) is 0 Å². The van der Waals surface area contributed by atoms with Gasteiger partial charge in [0, 0.05) is 19.8 Å². The molecule has 4 nitrogen and oxygen atoms in total. The van der Waals surface area contributed by atoms with Crippen molar-refractivity contribution in [2.75, 3.05) is 24.2 Å². The van der Waals surface area contributed by atoms with Crippen LogP contribution in [0.5, 0.6) is 0 Å². The normalized spacial score (nSPS) is 10.6. The summed E-state index contributed by atoms with van der Waals surface area (Å²) in [5.41, 5.74) is 0. The smallest absolute Gasteiger partial charge is 0.224 e. The van der Waals surface area contributed by atoms with Gasteiger partial charge in [0.05, 0.1) is 4.47 Å². The van der Waals surface area contributed by atoms with Crippen LogP contribution in [0.1, 0.15) is 26.7 Å². The fraction of sp³-hybridized carbons (Fsp3) is 0.636. The Bertz CT molecular complexity index is 328. The van der Waals surface area contributed by atoms with Gasteiger partial charge in [-0.2, -0.15) is 4.98 Å². The molecule has 0 bridgehead atoms. The van der Waals surface area contributed by atoms with Gasteiger partial charge in [-0.15, -0.1) is 0 Å². The van der Waals surface area contributed by atoms with E-state index in [9.17, 15) is 0 Å². The molecule has 0 aliphatic rings. The minimum Gasteiger partial charge on any atom is -0.369 e. The third kappa shape index (κ3) is 4.35. The van der Waals surface area contributed by atoms with Gasteiger partial charge in [-0.05, 0) is 34.7 Å². The van der Waals surface area contributed by atoms with Crippen LogP contribution in [0.25, 0.3) is 0 Å². The van der Waals surface area contributed by atoms with E-state index in [-0.39, 0.29) is 0 Å². The first-order valence-electron chi connectivity index (χ1n) is 5.57. The fourth-order valence-corrected chi connectivity index (χ4v) is 1.66. The second-order valence-electron chi connectivity index (χ2n) is 4.10. The summed E-state index contributed by atoms with van der Waals surface area (Å²) in [6, 6.07) is 0. The first-order valence-corrected chi connectivity index (χ1v) is 6.37. The molecule has 90 valence electrons. The average molecular weight is 287 g/mol. The second-order valence-corrected chi connectivity index (χ2v) is 4.96. The summed E-state index contributed by atoms with van der Waals surface area (Å²) in [4.78, 5) is 8.43. The van der Waals surface area contributed by atoms with Crippen molar-refractivity contribution < 1.29 is 0 Å². The van der Waals surface area contributed by atoms with E-state index in [4.69, 9.17) is 0 Å². The quantitative estimate of drug-likeness (QED) is 0.789. The molecule has 0 saturated carbocycles. The van der Waals surface area contributed by atoms with E-state index >= 15 is 0 Å². The molecule has 1 aromatic rings. The van der Waals surface area contributed by atoms with Crippen LogP contribution in [0.15, 0.2) is 10.7 Å². The predicted molar refractivity (Wildman–Crippen MR) is 71.8 cm³/mol. The van der Waals surface area contributed by atoms with Crippen LogP contribution in [0.3, 0.4) is 0 Å². The van der Waals surface area contributed by atoms with Gasteiger partial charge in [-0.3, -0.25) is 0 Å². The number of hydrogen-bond donors (Lipinski definition) is 2. The van der Waals surface area contributed by atoms with Crippen molar-refractivity contribution in [2.45, 2.75) is 26.7 Å².